The summed E-state index contributed by atoms with van der Waals surface area (Å²) in [6, 6.07) is 5.37. The van der Waals surface area contributed by atoms with Gasteiger partial charge in [-0.25, -0.2) is 22.0 Å². The predicted molar refractivity (Wildman–Crippen MR) is 77.7 cm³/mol. The van der Waals surface area contributed by atoms with Crippen LogP contribution >= 0.6 is 0 Å². The summed E-state index contributed by atoms with van der Waals surface area (Å²) in [6.07, 6.45) is -4.12. The number of alkyl halides is 2. The third kappa shape index (κ3) is 5.97. The van der Waals surface area contributed by atoms with E-state index in [1.165, 1.54) is 24.3 Å². The van der Waals surface area contributed by atoms with E-state index in [1.807, 2.05) is 5.32 Å². The summed E-state index contributed by atoms with van der Waals surface area (Å²) in [6.45, 7) is 4.72. The summed E-state index contributed by atoms with van der Waals surface area (Å²) in [4.78, 5) is 11.5. The molecule has 0 saturated carbocycles. The number of sulfone groups is 1. The number of nitrogens with one attached hydrogen (secondary N) is 1. The Morgan fingerprint density at radius 1 is 1.23 bits per heavy atom. The number of benzene rings is 1. The Hall–Kier alpha value is -1.70. The molecule has 124 valence electrons. The van der Waals surface area contributed by atoms with Crippen LogP contribution in [0.2, 0.25) is 0 Å². The maximum atomic E-state index is 13.0. The van der Waals surface area contributed by atoms with Crippen molar-refractivity contribution in [3.05, 3.63) is 30.3 Å². The molecule has 0 aliphatic carbocycles. The Morgan fingerprint density at radius 2 is 1.77 bits per heavy atom. The van der Waals surface area contributed by atoms with E-state index >= 15 is 0 Å². The van der Waals surface area contributed by atoms with Crippen LogP contribution in [0.3, 0.4) is 0 Å². The summed E-state index contributed by atoms with van der Waals surface area (Å²) < 4.78 is 55.0. The zero-order valence-corrected chi connectivity index (χ0v) is 13.4. The molecule has 0 aliphatic rings. The third-order valence-corrected chi connectivity index (χ3v) is 4.30. The van der Waals surface area contributed by atoms with Crippen LogP contribution in [0.25, 0.3) is 0 Å². The van der Waals surface area contributed by atoms with Crippen molar-refractivity contribution in [2.75, 3.05) is 5.75 Å². The van der Waals surface area contributed by atoms with Gasteiger partial charge in [-0.1, -0.05) is 18.2 Å². The van der Waals surface area contributed by atoms with Crippen LogP contribution in [-0.4, -0.2) is 38.3 Å². The van der Waals surface area contributed by atoms with E-state index in [1.54, 1.807) is 26.8 Å². The molecular weight excluding hydrogens is 316 g/mol. The molecule has 0 aromatic heterocycles. The van der Waals surface area contributed by atoms with Gasteiger partial charge in [0.05, 0.1) is 10.6 Å². The molecule has 1 aromatic rings. The van der Waals surface area contributed by atoms with Gasteiger partial charge in [0, 0.05) is 0 Å². The van der Waals surface area contributed by atoms with E-state index in [4.69, 9.17) is 4.74 Å². The largest absolute Gasteiger partial charge is 0.444 e. The first-order chi connectivity index (χ1) is 10.0. The van der Waals surface area contributed by atoms with Crippen LogP contribution < -0.4 is 5.32 Å². The van der Waals surface area contributed by atoms with Gasteiger partial charge in [0.2, 0.25) is 0 Å². The minimum absolute atomic E-state index is 0.0772. The van der Waals surface area contributed by atoms with Crippen LogP contribution in [0.15, 0.2) is 35.2 Å². The Kier molecular flexibility index (Phi) is 5.87. The highest BCUT2D eigenvalue weighted by molar-refractivity contribution is 7.91. The molecule has 1 unspecified atom stereocenters. The van der Waals surface area contributed by atoms with Crippen molar-refractivity contribution < 1.29 is 26.7 Å². The molecule has 22 heavy (non-hydrogen) atoms. The fraction of sp³-hybridized carbons (Fsp3) is 0.500. The normalized spacial score (nSPS) is 13.7. The molecule has 0 aliphatic heterocycles. The van der Waals surface area contributed by atoms with Gasteiger partial charge in [0.15, 0.2) is 9.84 Å². The minimum atomic E-state index is -3.94. The van der Waals surface area contributed by atoms with Crippen LogP contribution in [0.5, 0.6) is 0 Å². The Morgan fingerprint density at radius 3 is 2.23 bits per heavy atom. The SMILES string of the molecule is CC(C)(C)OC(=O)NC(CS(=O)(=O)c1ccccc1)C(F)F. The summed E-state index contributed by atoms with van der Waals surface area (Å²) in [5.74, 6) is -0.909. The molecule has 0 bridgehead atoms. The average Bonchev–Trinajstić information content (AvgIpc) is 2.36. The first-order valence-electron chi connectivity index (χ1n) is 6.57. The van der Waals surface area contributed by atoms with E-state index in [2.05, 4.69) is 0 Å². The van der Waals surface area contributed by atoms with Crippen LogP contribution in [0.4, 0.5) is 13.6 Å². The van der Waals surface area contributed by atoms with Crippen molar-refractivity contribution in [1.29, 1.82) is 0 Å². The van der Waals surface area contributed by atoms with E-state index in [9.17, 15) is 22.0 Å². The molecule has 1 amide bonds. The second-order valence-electron chi connectivity index (χ2n) is 5.68. The number of rotatable bonds is 5. The molecule has 1 N–H and O–H groups in total. The fourth-order valence-electron chi connectivity index (χ4n) is 1.60. The van der Waals surface area contributed by atoms with E-state index in [0.717, 1.165) is 0 Å². The second kappa shape index (κ2) is 7.04. The van der Waals surface area contributed by atoms with Gasteiger partial charge < -0.3 is 10.1 Å². The lowest BCUT2D eigenvalue weighted by Crippen LogP contribution is -2.46. The number of hydrogen-bond acceptors (Lipinski definition) is 4. The van der Waals surface area contributed by atoms with Crippen LogP contribution in [0, 0.1) is 0 Å². The number of hydrogen-bond donors (Lipinski definition) is 1. The van der Waals surface area contributed by atoms with E-state index in [0.29, 0.717) is 0 Å². The number of ether oxygens (including phenoxy) is 1. The van der Waals surface area contributed by atoms with E-state index < -0.39 is 39.8 Å². The van der Waals surface area contributed by atoms with Crippen molar-refractivity contribution in [2.45, 2.75) is 43.7 Å². The molecule has 0 spiro atoms. The van der Waals surface area contributed by atoms with Crippen molar-refractivity contribution in [2.24, 2.45) is 0 Å². The van der Waals surface area contributed by atoms with Crippen molar-refractivity contribution in [3.8, 4) is 0 Å². The molecule has 1 aromatic carbocycles. The summed E-state index contributed by atoms with van der Waals surface area (Å²) in [5.41, 5.74) is -0.866. The van der Waals surface area contributed by atoms with Crippen LogP contribution in [0.1, 0.15) is 20.8 Å². The molecule has 0 heterocycles. The molecular formula is C14H19F2NO4S. The lowest BCUT2D eigenvalue weighted by Gasteiger charge is -2.23. The standard InChI is InChI=1S/C14H19F2NO4S/c1-14(2,3)21-13(18)17-11(12(15)16)9-22(19,20)10-7-5-4-6-8-10/h4-8,11-12H,9H2,1-3H3,(H,17,18). The fourth-order valence-corrected chi connectivity index (χ4v) is 3.06. The van der Waals surface area contributed by atoms with Gasteiger partial charge in [-0.05, 0) is 32.9 Å². The first kappa shape index (κ1) is 18.3. The van der Waals surface area contributed by atoms with Gasteiger partial charge in [-0.2, -0.15) is 0 Å². The number of carbonyl (C=O) groups excluding carboxylic acids is 1. The molecule has 0 fully saturated rings. The van der Waals surface area contributed by atoms with Gasteiger partial charge >= 0.3 is 6.09 Å². The molecule has 1 rings (SSSR count). The summed E-state index contributed by atoms with van der Waals surface area (Å²) in [5, 5.41) is 1.91. The Labute approximate surface area is 128 Å². The zero-order chi connectivity index (χ0) is 17.0. The molecule has 8 heteroatoms. The summed E-state index contributed by atoms with van der Waals surface area (Å²) in [7, 11) is -3.94. The maximum Gasteiger partial charge on any atom is 0.408 e. The third-order valence-electron chi connectivity index (χ3n) is 2.51. The minimum Gasteiger partial charge on any atom is -0.444 e. The lowest BCUT2D eigenvalue weighted by molar-refractivity contribution is 0.0400. The quantitative estimate of drug-likeness (QED) is 0.898. The van der Waals surface area contributed by atoms with E-state index in [-0.39, 0.29) is 4.90 Å². The maximum absolute atomic E-state index is 13.0. The molecule has 0 saturated heterocycles. The topological polar surface area (TPSA) is 72.5 Å². The highest BCUT2D eigenvalue weighted by atomic mass is 32.2. The summed E-state index contributed by atoms with van der Waals surface area (Å²) >= 11 is 0. The van der Waals surface area contributed by atoms with Gasteiger partial charge in [-0.15, -0.1) is 0 Å². The molecule has 0 radical (unpaired) electrons. The average molecular weight is 335 g/mol. The monoisotopic (exact) mass is 335 g/mol. The van der Waals surface area contributed by atoms with Crippen LogP contribution in [-0.2, 0) is 14.6 Å². The lowest BCUT2D eigenvalue weighted by atomic mass is 10.2. The number of carbonyl (C=O) groups is 1. The van der Waals surface area contributed by atoms with Crippen molar-refractivity contribution in [1.82, 2.24) is 5.32 Å². The first-order valence-corrected chi connectivity index (χ1v) is 8.22. The van der Waals surface area contributed by atoms with Gasteiger partial charge in [0.25, 0.3) is 6.43 Å². The van der Waals surface area contributed by atoms with Crippen molar-refractivity contribution in [3.63, 3.8) is 0 Å². The Balaban J connectivity index is 2.83. The predicted octanol–water partition coefficient (Wildman–Crippen LogP) is 2.62. The number of halogens is 2. The zero-order valence-electron chi connectivity index (χ0n) is 12.5. The highest BCUT2D eigenvalue weighted by Gasteiger charge is 2.31. The van der Waals surface area contributed by atoms with Gasteiger partial charge in [-0.3, -0.25) is 0 Å². The number of alkyl carbamates (subject to hydrolysis) is 1. The second-order valence-corrected chi connectivity index (χ2v) is 7.72. The Bertz CT molecular complexity index is 597. The smallest absolute Gasteiger partial charge is 0.408 e. The number of amides is 1. The van der Waals surface area contributed by atoms with Gasteiger partial charge in [0.1, 0.15) is 11.6 Å². The van der Waals surface area contributed by atoms with Crippen molar-refractivity contribution >= 4 is 15.9 Å². The molecule has 5 nitrogen and oxygen atoms in total. The molecule has 1 atom stereocenters. The highest BCUT2D eigenvalue weighted by Crippen LogP contribution is 2.15.